The molecule has 5 heteroatoms. The lowest BCUT2D eigenvalue weighted by Crippen LogP contribution is -2.38. The van der Waals surface area contributed by atoms with Crippen LogP contribution in [-0.2, 0) is 6.42 Å². The van der Waals surface area contributed by atoms with Gasteiger partial charge in [0.15, 0.2) is 5.82 Å². The number of piperidine rings is 1. The van der Waals surface area contributed by atoms with E-state index >= 15 is 0 Å². The summed E-state index contributed by atoms with van der Waals surface area (Å²) in [4.78, 5) is 0. The molecule has 3 aliphatic heterocycles. The third-order valence-corrected chi connectivity index (χ3v) is 4.83. The highest BCUT2D eigenvalue weighted by Gasteiger charge is 2.32. The van der Waals surface area contributed by atoms with E-state index in [2.05, 4.69) is 20.6 Å². The molecule has 19 heavy (non-hydrogen) atoms. The summed E-state index contributed by atoms with van der Waals surface area (Å²) < 4.78 is 2.30. The monoisotopic (exact) mass is 261 g/mol. The van der Waals surface area contributed by atoms with Gasteiger partial charge in [-0.05, 0) is 51.1 Å². The molecule has 5 nitrogen and oxygen atoms in total. The summed E-state index contributed by atoms with van der Waals surface area (Å²) in [5, 5.41) is 15.4. The van der Waals surface area contributed by atoms with Crippen LogP contribution in [0.3, 0.4) is 0 Å². The highest BCUT2D eigenvalue weighted by molar-refractivity contribution is 5.61. The van der Waals surface area contributed by atoms with Crippen molar-refractivity contribution in [2.45, 2.75) is 38.1 Å². The molecule has 4 heterocycles. The maximum absolute atomic E-state index is 4.86. The van der Waals surface area contributed by atoms with Gasteiger partial charge in [0, 0.05) is 18.7 Å². The average Bonchev–Trinajstić information content (AvgIpc) is 2.87. The molecule has 0 aliphatic carbocycles. The van der Waals surface area contributed by atoms with Crippen molar-refractivity contribution in [2.24, 2.45) is 5.92 Å². The molecule has 1 aromatic heterocycles. The third kappa shape index (κ3) is 1.91. The Labute approximate surface area is 114 Å². The standard InChI is InChI=1S/C14H23N5/c1-3-10(9-15-6-1)12-5-8-17-14-11-4-2-7-16-13(11)18-19(12)14/h10,12,15,17H,1-9H2,(H,16,18). The Hall–Kier alpha value is -1.23. The second-order valence-electron chi connectivity index (χ2n) is 6.04. The van der Waals surface area contributed by atoms with Gasteiger partial charge in [0.25, 0.3) is 0 Å². The average molecular weight is 261 g/mol. The lowest BCUT2D eigenvalue weighted by Gasteiger charge is -2.35. The molecule has 0 amide bonds. The number of hydrogen-bond acceptors (Lipinski definition) is 4. The maximum atomic E-state index is 4.86. The Balaban J connectivity index is 1.68. The van der Waals surface area contributed by atoms with E-state index in [4.69, 9.17) is 5.10 Å². The van der Waals surface area contributed by atoms with Crippen molar-refractivity contribution >= 4 is 11.6 Å². The summed E-state index contributed by atoms with van der Waals surface area (Å²) in [6.07, 6.45) is 6.25. The van der Waals surface area contributed by atoms with Gasteiger partial charge in [0.1, 0.15) is 5.82 Å². The summed E-state index contributed by atoms with van der Waals surface area (Å²) in [5.74, 6) is 3.17. The minimum absolute atomic E-state index is 0.580. The molecule has 1 saturated heterocycles. The molecule has 2 unspecified atom stereocenters. The zero-order chi connectivity index (χ0) is 12.7. The zero-order valence-corrected chi connectivity index (χ0v) is 11.4. The first-order valence-electron chi connectivity index (χ1n) is 7.73. The number of nitrogens with one attached hydrogen (secondary N) is 3. The predicted molar refractivity (Wildman–Crippen MR) is 76.8 cm³/mol. The largest absolute Gasteiger partial charge is 0.370 e. The fourth-order valence-corrected chi connectivity index (χ4v) is 3.85. The number of anilines is 2. The van der Waals surface area contributed by atoms with Gasteiger partial charge in [0.05, 0.1) is 6.04 Å². The first kappa shape index (κ1) is 11.6. The number of nitrogens with zero attached hydrogens (tertiary/aromatic N) is 2. The van der Waals surface area contributed by atoms with Crippen LogP contribution >= 0.6 is 0 Å². The van der Waals surface area contributed by atoms with E-state index in [1.165, 1.54) is 50.0 Å². The Morgan fingerprint density at radius 2 is 2.05 bits per heavy atom. The normalized spacial score (nSPS) is 29.9. The van der Waals surface area contributed by atoms with E-state index in [-0.39, 0.29) is 0 Å². The number of rotatable bonds is 1. The van der Waals surface area contributed by atoms with Crippen LogP contribution < -0.4 is 16.0 Å². The molecule has 3 aliphatic rings. The molecule has 0 radical (unpaired) electrons. The van der Waals surface area contributed by atoms with E-state index in [0.29, 0.717) is 6.04 Å². The summed E-state index contributed by atoms with van der Waals surface area (Å²) in [7, 11) is 0. The molecular formula is C14H23N5. The van der Waals surface area contributed by atoms with Crippen molar-refractivity contribution < 1.29 is 0 Å². The van der Waals surface area contributed by atoms with Gasteiger partial charge < -0.3 is 16.0 Å². The highest BCUT2D eigenvalue weighted by atomic mass is 15.4. The van der Waals surface area contributed by atoms with Crippen LogP contribution in [-0.4, -0.2) is 36.0 Å². The summed E-state index contributed by atoms with van der Waals surface area (Å²) >= 11 is 0. The molecule has 0 bridgehead atoms. The summed E-state index contributed by atoms with van der Waals surface area (Å²) in [6.45, 7) is 4.51. The maximum Gasteiger partial charge on any atom is 0.153 e. The fourth-order valence-electron chi connectivity index (χ4n) is 3.85. The first-order chi connectivity index (χ1) is 9.43. The first-order valence-corrected chi connectivity index (χ1v) is 7.73. The molecule has 104 valence electrons. The van der Waals surface area contributed by atoms with Gasteiger partial charge in [0.2, 0.25) is 0 Å². The van der Waals surface area contributed by atoms with Crippen LogP contribution in [0.2, 0.25) is 0 Å². The lowest BCUT2D eigenvalue weighted by molar-refractivity contribution is 0.236. The van der Waals surface area contributed by atoms with Crippen LogP contribution in [0.25, 0.3) is 0 Å². The molecule has 1 aromatic rings. The van der Waals surface area contributed by atoms with Crippen molar-refractivity contribution in [1.29, 1.82) is 0 Å². The van der Waals surface area contributed by atoms with E-state index < -0.39 is 0 Å². The Morgan fingerprint density at radius 3 is 2.95 bits per heavy atom. The van der Waals surface area contributed by atoms with Gasteiger partial charge in [-0.2, -0.15) is 5.10 Å². The van der Waals surface area contributed by atoms with Crippen LogP contribution in [0.4, 0.5) is 11.6 Å². The highest BCUT2D eigenvalue weighted by Crippen LogP contribution is 2.38. The smallest absolute Gasteiger partial charge is 0.153 e. The Kier molecular flexibility index (Phi) is 2.87. The second kappa shape index (κ2) is 4.71. The van der Waals surface area contributed by atoms with Gasteiger partial charge in [-0.25, -0.2) is 4.68 Å². The lowest BCUT2D eigenvalue weighted by atomic mass is 9.89. The van der Waals surface area contributed by atoms with Gasteiger partial charge in [-0.3, -0.25) is 0 Å². The van der Waals surface area contributed by atoms with Crippen molar-refractivity contribution in [2.75, 3.05) is 36.8 Å². The number of fused-ring (bicyclic) bond motifs is 3. The quantitative estimate of drug-likeness (QED) is 0.719. The van der Waals surface area contributed by atoms with Gasteiger partial charge in [-0.1, -0.05) is 0 Å². The fraction of sp³-hybridized carbons (Fsp3) is 0.786. The third-order valence-electron chi connectivity index (χ3n) is 4.83. The van der Waals surface area contributed by atoms with Crippen LogP contribution in [0.1, 0.15) is 37.3 Å². The van der Waals surface area contributed by atoms with E-state index in [1.807, 2.05) is 0 Å². The van der Waals surface area contributed by atoms with E-state index in [0.717, 1.165) is 31.4 Å². The van der Waals surface area contributed by atoms with E-state index in [9.17, 15) is 0 Å². The van der Waals surface area contributed by atoms with Crippen molar-refractivity contribution in [1.82, 2.24) is 15.1 Å². The number of hydrogen-bond donors (Lipinski definition) is 3. The molecule has 3 N–H and O–H groups in total. The minimum atomic E-state index is 0.580. The van der Waals surface area contributed by atoms with Crippen molar-refractivity contribution in [3.8, 4) is 0 Å². The topological polar surface area (TPSA) is 53.9 Å². The summed E-state index contributed by atoms with van der Waals surface area (Å²) in [6, 6.07) is 0.580. The van der Waals surface area contributed by atoms with Gasteiger partial charge in [-0.15, -0.1) is 0 Å². The molecule has 4 rings (SSSR count). The SMILES string of the molecule is C1CNc2nn3c(c2C1)NCCC3C1CCCNC1. The van der Waals surface area contributed by atoms with Crippen molar-refractivity contribution in [3.63, 3.8) is 0 Å². The minimum Gasteiger partial charge on any atom is -0.370 e. The van der Waals surface area contributed by atoms with Crippen molar-refractivity contribution in [3.05, 3.63) is 5.56 Å². The molecule has 0 saturated carbocycles. The Morgan fingerprint density at radius 1 is 1.05 bits per heavy atom. The van der Waals surface area contributed by atoms with Gasteiger partial charge >= 0.3 is 0 Å². The number of aromatic nitrogens is 2. The van der Waals surface area contributed by atoms with E-state index in [1.54, 1.807) is 0 Å². The predicted octanol–water partition coefficient (Wildman–Crippen LogP) is 1.60. The molecular weight excluding hydrogens is 238 g/mol. The zero-order valence-electron chi connectivity index (χ0n) is 11.4. The Bertz CT molecular complexity index is 461. The molecule has 0 aromatic carbocycles. The molecule has 2 atom stereocenters. The summed E-state index contributed by atoms with van der Waals surface area (Å²) in [5.41, 5.74) is 1.42. The van der Waals surface area contributed by atoms with Crippen LogP contribution in [0, 0.1) is 5.92 Å². The van der Waals surface area contributed by atoms with Crippen LogP contribution in [0.5, 0.6) is 0 Å². The molecule has 0 spiro atoms. The van der Waals surface area contributed by atoms with Crippen LogP contribution in [0.15, 0.2) is 0 Å². The molecule has 1 fully saturated rings. The second-order valence-corrected chi connectivity index (χ2v) is 6.04.